The molecule has 2 rings (SSSR count). The number of hydrogen-bond acceptors (Lipinski definition) is 3. The summed E-state index contributed by atoms with van der Waals surface area (Å²) < 4.78 is 11.0. The average Bonchev–Trinajstić information content (AvgIpc) is 2.45. The number of benzene rings is 2. The van der Waals surface area contributed by atoms with Crippen LogP contribution in [0, 0.1) is 18.3 Å². The smallest absolute Gasteiger partial charge is 0.174 e. The molecule has 3 nitrogen and oxygen atoms in total. The SMILES string of the molecule is Cc1cc(OCc2ccccc2)ccc1OCC#N. The fourth-order valence-electron chi connectivity index (χ4n) is 1.72. The summed E-state index contributed by atoms with van der Waals surface area (Å²) in [5.74, 6) is 1.51. The molecule has 2 aromatic carbocycles. The van der Waals surface area contributed by atoms with Gasteiger partial charge >= 0.3 is 0 Å². The molecule has 0 atom stereocenters. The standard InChI is InChI=1S/C16H15NO2/c1-13-11-15(7-8-16(13)18-10-9-17)19-12-14-5-3-2-4-6-14/h2-8,11H,10,12H2,1H3. The molecule has 0 heterocycles. The van der Waals surface area contributed by atoms with Crippen molar-refractivity contribution >= 4 is 0 Å². The largest absolute Gasteiger partial charge is 0.489 e. The zero-order chi connectivity index (χ0) is 13.5. The Morgan fingerprint density at radius 3 is 2.53 bits per heavy atom. The molecule has 3 heteroatoms. The van der Waals surface area contributed by atoms with Crippen molar-refractivity contribution in [3.63, 3.8) is 0 Å². The van der Waals surface area contributed by atoms with E-state index in [9.17, 15) is 0 Å². The van der Waals surface area contributed by atoms with Gasteiger partial charge in [0.15, 0.2) is 6.61 Å². The second kappa shape index (κ2) is 6.46. The fourth-order valence-corrected chi connectivity index (χ4v) is 1.72. The molecule has 0 radical (unpaired) electrons. The third-order valence-corrected chi connectivity index (χ3v) is 2.69. The molecule has 0 aliphatic rings. The number of rotatable bonds is 5. The zero-order valence-corrected chi connectivity index (χ0v) is 10.8. The number of ether oxygens (including phenoxy) is 2. The van der Waals surface area contributed by atoms with E-state index in [1.54, 1.807) is 0 Å². The second-order valence-corrected chi connectivity index (χ2v) is 4.15. The maximum atomic E-state index is 8.48. The number of nitriles is 1. The lowest BCUT2D eigenvalue weighted by molar-refractivity contribution is 0.304. The quantitative estimate of drug-likeness (QED) is 0.819. The maximum Gasteiger partial charge on any atom is 0.174 e. The Hall–Kier alpha value is -2.47. The van der Waals surface area contributed by atoms with Gasteiger partial charge in [-0.3, -0.25) is 0 Å². The van der Waals surface area contributed by atoms with Crippen LogP contribution < -0.4 is 9.47 Å². The van der Waals surface area contributed by atoms with E-state index in [0.29, 0.717) is 12.4 Å². The van der Waals surface area contributed by atoms with Crippen LogP contribution in [0.25, 0.3) is 0 Å². The van der Waals surface area contributed by atoms with Gasteiger partial charge in [-0.2, -0.15) is 5.26 Å². The summed E-state index contributed by atoms with van der Waals surface area (Å²) >= 11 is 0. The molecule has 0 spiro atoms. The van der Waals surface area contributed by atoms with Crippen LogP contribution >= 0.6 is 0 Å². The molecule has 19 heavy (non-hydrogen) atoms. The van der Waals surface area contributed by atoms with Crippen molar-refractivity contribution in [1.29, 1.82) is 5.26 Å². The number of aryl methyl sites for hydroxylation is 1. The predicted molar refractivity (Wildman–Crippen MR) is 73.1 cm³/mol. The third kappa shape index (κ3) is 3.75. The van der Waals surface area contributed by atoms with Gasteiger partial charge in [-0.15, -0.1) is 0 Å². The zero-order valence-electron chi connectivity index (χ0n) is 10.8. The molecule has 0 bridgehead atoms. The lowest BCUT2D eigenvalue weighted by Crippen LogP contribution is -1.98. The molecular formula is C16H15NO2. The minimum absolute atomic E-state index is 0.0606. The Bertz CT molecular complexity index is 573. The minimum atomic E-state index is 0.0606. The van der Waals surface area contributed by atoms with Gasteiger partial charge in [0.1, 0.15) is 24.2 Å². The summed E-state index contributed by atoms with van der Waals surface area (Å²) in [4.78, 5) is 0. The van der Waals surface area contributed by atoms with Crippen LogP contribution in [0.2, 0.25) is 0 Å². The van der Waals surface area contributed by atoms with Crippen molar-refractivity contribution in [2.75, 3.05) is 6.61 Å². The summed E-state index contributed by atoms with van der Waals surface area (Å²) in [6.07, 6.45) is 0. The molecule has 0 saturated carbocycles. The van der Waals surface area contributed by atoms with Gasteiger partial charge in [0.2, 0.25) is 0 Å². The van der Waals surface area contributed by atoms with Gasteiger partial charge in [0.25, 0.3) is 0 Å². The lowest BCUT2D eigenvalue weighted by Gasteiger charge is -2.10. The van der Waals surface area contributed by atoms with Gasteiger partial charge in [0, 0.05) is 0 Å². The molecular weight excluding hydrogens is 238 g/mol. The van der Waals surface area contributed by atoms with Crippen LogP contribution in [-0.2, 0) is 6.61 Å². The van der Waals surface area contributed by atoms with E-state index >= 15 is 0 Å². The van der Waals surface area contributed by atoms with Crippen LogP contribution in [0.3, 0.4) is 0 Å². The molecule has 0 N–H and O–H groups in total. The Morgan fingerprint density at radius 2 is 1.84 bits per heavy atom. The maximum absolute atomic E-state index is 8.48. The van der Waals surface area contributed by atoms with E-state index in [0.717, 1.165) is 16.9 Å². The van der Waals surface area contributed by atoms with Crippen LogP contribution in [0.4, 0.5) is 0 Å². The predicted octanol–water partition coefficient (Wildman–Crippen LogP) is 3.48. The van der Waals surface area contributed by atoms with E-state index in [2.05, 4.69) is 0 Å². The highest BCUT2D eigenvalue weighted by atomic mass is 16.5. The second-order valence-electron chi connectivity index (χ2n) is 4.15. The first-order valence-electron chi connectivity index (χ1n) is 6.07. The van der Waals surface area contributed by atoms with Crippen LogP contribution in [0.5, 0.6) is 11.5 Å². The van der Waals surface area contributed by atoms with E-state index in [-0.39, 0.29) is 6.61 Å². The molecule has 0 aliphatic heterocycles. The lowest BCUT2D eigenvalue weighted by atomic mass is 10.2. The van der Waals surface area contributed by atoms with Crippen molar-refractivity contribution in [2.45, 2.75) is 13.5 Å². The summed E-state index contributed by atoms with van der Waals surface area (Å²) in [5.41, 5.74) is 2.09. The van der Waals surface area contributed by atoms with Crippen LogP contribution in [0.1, 0.15) is 11.1 Å². The summed E-state index contributed by atoms with van der Waals surface area (Å²) in [6, 6.07) is 17.5. The van der Waals surface area contributed by atoms with Crippen molar-refractivity contribution < 1.29 is 9.47 Å². The number of nitrogens with zero attached hydrogens (tertiary/aromatic N) is 1. The van der Waals surface area contributed by atoms with Crippen molar-refractivity contribution in [3.8, 4) is 17.6 Å². The molecule has 0 unspecified atom stereocenters. The molecule has 96 valence electrons. The van der Waals surface area contributed by atoms with Crippen LogP contribution in [-0.4, -0.2) is 6.61 Å². The Morgan fingerprint density at radius 1 is 1.05 bits per heavy atom. The molecule has 0 amide bonds. The molecule has 0 saturated heterocycles. The van der Waals surface area contributed by atoms with Gasteiger partial charge in [0.05, 0.1) is 0 Å². The summed E-state index contributed by atoms with van der Waals surface area (Å²) in [6.45, 7) is 2.53. The first-order valence-corrected chi connectivity index (χ1v) is 6.07. The van der Waals surface area contributed by atoms with E-state index in [4.69, 9.17) is 14.7 Å². The minimum Gasteiger partial charge on any atom is -0.489 e. The Labute approximate surface area is 113 Å². The van der Waals surface area contributed by atoms with E-state index in [1.807, 2.05) is 61.5 Å². The highest BCUT2D eigenvalue weighted by molar-refractivity contribution is 5.39. The normalized spacial score (nSPS) is 9.68. The van der Waals surface area contributed by atoms with Gasteiger partial charge in [-0.1, -0.05) is 30.3 Å². The van der Waals surface area contributed by atoms with Crippen molar-refractivity contribution in [1.82, 2.24) is 0 Å². The Kier molecular flexibility index (Phi) is 4.41. The van der Waals surface area contributed by atoms with Crippen LogP contribution in [0.15, 0.2) is 48.5 Å². The van der Waals surface area contributed by atoms with Gasteiger partial charge in [-0.25, -0.2) is 0 Å². The van der Waals surface area contributed by atoms with Gasteiger partial charge in [-0.05, 0) is 36.2 Å². The highest BCUT2D eigenvalue weighted by Crippen LogP contribution is 2.23. The molecule has 2 aromatic rings. The van der Waals surface area contributed by atoms with Crippen molar-refractivity contribution in [3.05, 3.63) is 59.7 Å². The first kappa shape index (κ1) is 13.0. The van der Waals surface area contributed by atoms with Crippen molar-refractivity contribution in [2.24, 2.45) is 0 Å². The molecule has 0 aliphatic carbocycles. The fraction of sp³-hybridized carbons (Fsp3) is 0.188. The Balaban J connectivity index is 1.98. The molecule has 0 fully saturated rings. The molecule has 0 aromatic heterocycles. The topological polar surface area (TPSA) is 42.2 Å². The highest BCUT2D eigenvalue weighted by Gasteiger charge is 2.02. The summed E-state index contributed by atoms with van der Waals surface area (Å²) in [5, 5.41) is 8.48. The first-order chi connectivity index (χ1) is 9.29. The summed E-state index contributed by atoms with van der Waals surface area (Å²) in [7, 11) is 0. The third-order valence-electron chi connectivity index (χ3n) is 2.69. The van der Waals surface area contributed by atoms with E-state index in [1.165, 1.54) is 0 Å². The average molecular weight is 253 g/mol. The monoisotopic (exact) mass is 253 g/mol. The van der Waals surface area contributed by atoms with E-state index < -0.39 is 0 Å². The number of hydrogen-bond donors (Lipinski definition) is 0. The van der Waals surface area contributed by atoms with Gasteiger partial charge < -0.3 is 9.47 Å².